The molecule has 1 aliphatic heterocycles. The lowest BCUT2D eigenvalue weighted by Gasteiger charge is -2.26. The summed E-state index contributed by atoms with van der Waals surface area (Å²) in [7, 11) is 0.474. The molecule has 7 heteroatoms. The van der Waals surface area contributed by atoms with E-state index < -0.39 is 11.0 Å². The molecular formula is C21H26FN3O2S. The minimum absolute atomic E-state index is 0.00239. The largest absolute Gasteiger partial charge is 0.315 e. The molecule has 1 N–H and O–H groups in total. The van der Waals surface area contributed by atoms with Crippen molar-refractivity contribution in [2.45, 2.75) is 51.8 Å². The Kier molecular flexibility index (Phi) is 5.68. The smallest absolute Gasteiger partial charge is 0.227 e. The number of aryl methyl sites for hydroxylation is 1. The fourth-order valence-corrected chi connectivity index (χ4v) is 3.97. The van der Waals surface area contributed by atoms with Gasteiger partial charge in [-0.1, -0.05) is 0 Å². The van der Waals surface area contributed by atoms with E-state index in [0.717, 1.165) is 16.7 Å². The van der Waals surface area contributed by atoms with Crippen molar-refractivity contribution < 1.29 is 13.4 Å². The first-order valence-corrected chi connectivity index (χ1v) is 10.4. The van der Waals surface area contributed by atoms with Crippen molar-refractivity contribution in [2.24, 2.45) is 0 Å². The summed E-state index contributed by atoms with van der Waals surface area (Å²) in [6.45, 7) is 8.02. The number of fused-ring (bicyclic) bond motifs is 1. The molecular weight excluding hydrogens is 377 g/mol. The van der Waals surface area contributed by atoms with Gasteiger partial charge >= 0.3 is 0 Å². The number of rotatable bonds is 4. The summed E-state index contributed by atoms with van der Waals surface area (Å²) in [5, 5.41) is 0. The number of aromatic nitrogens is 1. The lowest BCUT2D eigenvalue weighted by Crippen LogP contribution is -2.33. The summed E-state index contributed by atoms with van der Waals surface area (Å²) in [6, 6.07) is 3.25. The van der Waals surface area contributed by atoms with Crippen LogP contribution in [-0.2, 0) is 28.7 Å². The Bertz CT molecular complexity index is 953. The van der Waals surface area contributed by atoms with E-state index in [2.05, 4.69) is 9.71 Å². The zero-order valence-corrected chi connectivity index (χ0v) is 17.7. The van der Waals surface area contributed by atoms with E-state index in [-0.39, 0.29) is 16.5 Å². The monoisotopic (exact) mass is 403 g/mol. The lowest BCUT2D eigenvalue weighted by molar-refractivity contribution is -0.118. The van der Waals surface area contributed by atoms with Crippen LogP contribution >= 0.6 is 0 Å². The molecule has 0 saturated heterocycles. The molecule has 1 amide bonds. The van der Waals surface area contributed by atoms with Crippen molar-refractivity contribution in [3.8, 4) is 11.1 Å². The number of benzene rings is 1. The van der Waals surface area contributed by atoms with Gasteiger partial charge in [0, 0.05) is 49.2 Å². The molecule has 1 aromatic carbocycles. The van der Waals surface area contributed by atoms with Crippen LogP contribution in [0.1, 0.15) is 43.9 Å². The van der Waals surface area contributed by atoms with E-state index in [0.29, 0.717) is 36.2 Å². The zero-order chi connectivity index (χ0) is 20.6. The van der Waals surface area contributed by atoms with Gasteiger partial charge in [-0.2, -0.15) is 0 Å². The molecule has 0 spiro atoms. The Labute approximate surface area is 167 Å². The average Bonchev–Trinajstić information content (AvgIpc) is 2.63. The Morgan fingerprint density at radius 1 is 1.21 bits per heavy atom. The standard InChI is InChI=1S/C21H26FN3O2S/c1-13-15(11-24-28(27)21(2,3)4)10-23-12-17(13)16-8-14-6-7-20(26)25(5)19(14)9-18(16)22/h8-10,12,24H,6-7,11H2,1-5H3/t28-/m1/s1. The minimum atomic E-state index is -1.20. The van der Waals surface area contributed by atoms with Crippen LogP contribution in [0, 0.1) is 12.7 Å². The highest BCUT2D eigenvalue weighted by atomic mass is 32.2. The third kappa shape index (κ3) is 4.00. The predicted octanol–water partition coefficient (Wildman–Crippen LogP) is 3.66. The maximum Gasteiger partial charge on any atom is 0.227 e. The minimum Gasteiger partial charge on any atom is -0.315 e. The number of nitrogens with zero attached hydrogens (tertiary/aromatic N) is 2. The van der Waals surface area contributed by atoms with Crippen molar-refractivity contribution in [2.75, 3.05) is 11.9 Å². The van der Waals surface area contributed by atoms with Crippen molar-refractivity contribution in [3.63, 3.8) is 0 Å². The van der Waals surface area contributed by atoms with E-state index in [9.17, 15) is 13.4 Å². The van der Waals surface area contributed by atoms with Crippen LogP contribution in [0.15, 0.2) is 24.5 Å². The van der Waals surface area contributed by atoms with E-state index in [4.69, 9.17) is 0 Å². The van der Waals surface area contributed by atoms with Crippen LogP contribution in [0.4, 0.5) is 10.1 Å². The van der Waals surface area contributed by atoms with Gasteiger partial charge in [0.15, 0.2) is 0 Å². The number of halogens is 1. The quantitative estimate of drug-likeness (QED) is 0.848. The number of amides is 1. The second-order valence-corrected chi connectivity index (χ2v) is 10.1. The molecule has 3 rings (SSSR count). The van der Waals surface area contributed by atoms with Crippen LogP contribution in [-0.4, -0.2) is 26.9 Å². The Hall–Kier alpha value is -2.12. The Morgan fingerprint density at radius 3 is 2.61 bits per heavy atom. The molecule has 1 atom stereocenters. The molecule has 0 aliphatic carbocycles. The molecule has 1 aromatic heterocycles. The molecule has 2 aromatic rings. The van der Waals surface area contributed by atoms with Crippen molar-refractivity contribution in [3.05, 3.63) is 47.0 Å². The number of nitrogens with one attached hydrogen (secondary N) is 1. The fourth-order valence-electron chi connectivity index (χ4n) is 3.25. The molecule has 0 fully saturated rings. The number of carbonyl (C=O) groups excluding carboxylic acids is 1. The highest BCUT2D eigenvalue weighted by Gasteiger charge is 2.24. The summed E-state index contributed by atoms with van der Waals surface area (Å²) >= 11 is 0. The predicted molar refractivity (Wildman–Crippen MR) is 111 cm³/mol. The molecule has 0 radical (unpaired) electrons. The second-order valence-electron chi connectivity index (χ2n) is 8.09. The van der Waals surface area contributed by atoms with Gasteiger partial charge in [0.05, 0.1) is 15.7 Å². The fraction of sp³-hybridized carbons (Fsp3) is 0.429. The van der Waals surface area contributed by atoms with Gasteiger partial charge in [0.25, 0.3) is 0 Å². The highest BCUT2D eigenvalue weighted by Crippen LogP contribution is 2.35. The summed E-state index contributed by atoms with van der Waals surface area (Å²) in [6.07, 6.45) is 4.40. The summed E-state index contributed by atoms with van der Waals surface area (Å²) in [5.41, 5.74) is 4.54. The van der Waals surface area contributed by atoms with Crippen LogP contribution in [0.5, 0.6) is 0 Å². The number of pyridine rings is 1. The lowest BCUT2D eigenvalue weighted by atomic mass is 9.93. The Balaban J connectivity index is 1.95. The van der Waals surface area contributed by atoms with Crippen molar-refractivity contribution in [1.29, 1.82) is 0 Å². The van der Waals surface area contributed by atoms with Crippen LogP contribution in [0.25, 0.3) is 11.1 Å². The first-order valence-electron chi connectivity index (χ1n) is 9.28. The maximum absolute atomic E-state index is 14.9. The maximum atomic E-state index is 14.9. The van der Waals surface area contributed by atoms with E-state index in [1.54, 1.807) is 19.4 Å². The molecule has 28 heavy (non-hydrogen) atoms. The van der Waals surface area contributed by atoms with Gasteiger partial charge < -0.3 is 4.90 Å². The second kappa shape index (κ2) is 7.72. The third-order valence-corrected chi connectivity index (χ3v) is 6.59. The molecule has 0 saturated carbocycles. The van der Waals surface area contributed by atoms with Crippen LogP contribution < -0.4 is 9.62 Å². The Morgan fingerprint density at radius 2 is 1.93 bits per heavy atom. The summed E-state index contributed by atoms with van der Waals surface area (Å²) < 4.78 is 29.8. The molecule has 5 nitrogen and oxygen atoms in total. The molecule has 1 aliphatic rings. The highest BCUT2D eigenvalue weighted by molar-refractivity contribution is 7.84. The van der Waals surface area contributed by atoms with E-state index in [1.807, 2.05) is 33.8 Å². The molecule has 2 heterocycles. The molecule has 150 valence electrons. The SMILES string of the molecule is Cc1c(CN[S@](=O)C(C)(C)C)cncc1-c1cc2c(cc1F)N(C)C(=O)CC2. The van der Waals surface area contributed by atoms with Gasteiger partial charge in [-0.05, 0) is 62.9 Å². The average molecular weight is 404 g/mol. The number of anilines is 1. The summed E-state index contributed by atoms with van der Waals surface area (Å²) in [4.78, 5) is 17.7. The molecule has 0 unspecified atom stereocenters. The zero-order valence-electron chi connectivity index (χ0n) is 16.9. The van der Waals surface area contributed by atoms with Gasteiger partial charge in [-0.15, -0.1) is 0 Å². The number of hydrogen-bond acceptors (Lipinski definition) is 3. The van der Waals surface area contributed by atoms with Crippen LogP contribution in [0.2, 0.25) is 0 Å². The third-order valence-electron chi connectivity index (χ3n) is 5.07. The van der Waals surface area contributed by atoms with Gasteiger partial charge in [-0.25, -0.2) is 13.3 Å². The number of hydrogen-bond donors (Lipinski definition) is 1. The van der Waals surface area contributed by atoms with Crippen molar-refractivity contribution in [1.82, 2.24) is 9.71 Å². The van der Waals surface area contributed by atoms with Crippen LogP contribution in [0.3, 0.4) is 0 Å². The normalized spacial score (nSPS) is 15.5. The summed E-state index contributed by atoms with van der Waals surface area (Å²) in [5.74, 6) is -0.383. The van der Waals surface area contributed by atoms with Gasteiger partial charge in [0.1, 0.15) is 5.82 Å². The topological polar surface area (TPSA) is 62.3 Å². The first-order chi connectivity index (χ1) is 13.1. The van der Waals surface area contributed by atoms with Gasteiger partial charge in [0.2, 0.25) is 5.91 Å². The first kappa shape index (κ1) is 20.6. The van der Waals surface area contributed by atoms with E-state index in [1.165, 1.54) is 11.0 Å². The number of carbonyl (C=O) groups is 1. The van der Waals surface area contributed by atoms with Crippen molar-refractivity contribution >= 4 is 22.6 Å². The molecule has 0 bridgehead atoms. The van der Waals surface area contributed by atoms with E-state index >= 15 is 0 Å². The van der Waals surface area contributed by atoms with Gasteiger partial charge in [-0.3, -0.25) is 9.78 Å².